The van der Waals surface area contributed by atoms with Crippen LogP contribution in [0.5, 0.6) is 0 Å². The van der Waals surface area contributed by atoms with E-state index in [1.165, 1.54) is 0 Å². The van der Waals surface area contributed by atoms with Gasteiger partial charge < -0.3 is 4.90 Å². The predicted octanol–water partition coefficient (Wildman–Crippen LogP) is 1.02. The third-order valence-electron chi connectivity index (χ3n) is 1.45. The molecule has 1 atom stereocenters. The normalized spacial score (nSPS) is 31.7. The Morgan fingerprint density at radius 2 is 2.67 bits per heavy atom. The Hall–Kier alpha value is -0.0900. The van der Waals surface area contributed by atoms with Crippen molar-refractivity contribution in [2.45, 2.75) is 11.8 Å². The van der Waals surface area contributed by atoms with Gasteiger partial charge in [-0.05, 0) is 0 Å². The highest BCUT2D eigenvalue weighted by Gasteiger charge is 2.39. The van der Waals surface area contributed by atoms with Crippen LogP contribution in [0.2, 0.25) is 0 Å². The molecular weight excluding hydrogens is 154 g/mol. The zero-order chi connectivity index (χ0) is 6.43. The van der Waals surface area contributed by atoms with Gasteiger partial charge in [0.25, 0.3) is 0 Å². The summed E-state index contributed by atoms with van der Waals surface area (Å²) in [7, 11) is 0. The Morgan fingerprint density at radius 3 is 3.11 bits per heavy atom. The molecule has 0 unspecified atom stereocenters. The second-order valence-electron chi connectivity index (χ2n) is 2.04. The Morgan fingerprint density at radius 1 is 1.89 bits per heavy atom. The fourth-order valence-electron chi connectivity index (χ4n) is 0.944. The van der Waals surface area contributed by atoms with Crippen molar-refractivity contribution in [1.82, 2.24) is 4.90 Å². The van der Waals surface area contributed by atoms with Gasteiger partial charge in [0.2, 0.25) is 5.91 Å². The van der Waals surface area contributed by atoms with E-state index in [-0.39, 0.29) is 5.91 Å². The Bertz CT molecular complexity index is 201. The number of thiol groups is 1. The first kappa shape index (κ1) is 5.68. The summed E-state index contributed by atoms with van der Waals surface area (Å²) in [4.78, 5) is 12.4. The van der Waals surface area contributed by atoms with E-state index in [0.29, 0.717) is 11.8 Å². The SMILES string of the molecule is O=C1C[C@H]2SC(S)=CN12. The number of nitrogens with zero attached hydrogens (tertiary/aromatic N) is 1. The first-order valence-corrected chi connectivity index (χ1v) is 3.98. The van der Waals surface area contributed by atoms with Gasteiger partial charge in [0, 0.05) is 6.20 Å². The topological polar surface area (TPSA) is 20.3 Å². The molecule has 2 aliphatic heterocycles. The highest BCUT2D eigenvalue weighted by molar-refractivity contribution is 8.16. The van der Waals surface area contributed by atoms with Gasteiger partial charge in [-0.15, -0.1) is 12.6 Å². The summed E-state index contributed by atoms with van der Waals surface area (Å²) in [6.07, 6.45) is 2.48. The predicted molar refractivity (Wildman–Crippen MR) is 39.9 cm³/mol. The average Bonchev–Trinajstić information content (AvgIpc) is 2.08. The van der Waals surface area contributed by atoms with Crippen molar-refractivity contribution in [1.29, 1.82) is 0 Å². The molecule has 2 rings (SSSR count). The van der Waals surface area contributed by atoms with Crippen LogP contribution in [0.1, 0.15) is 6.42 Å². The number of carbonyl (C=O) groups excluding carboxylic acids is 1. The van der Waals surface area contributed by atoms with E-state index in [0.717, 1.165) is 4.24 Å². The molecule has 48 valence electrons. The van der Waals surface area contributed by atoms with Crippen LogP contribution in [0.4, 0.5) is 0 Å². The minimum atomic E-state index is 0.219. The summed E-state index contributed by atoms with van der Waals surface area (Å²) in [6, 6.07) is 0. The van der Waals surface area contributed by atoms with Crippen LogP contribution in [0.3, 0.4) is 0 Å². The highest BCUT2D eigenvalue weighted by atomic mass is 32.2. The molecule has 0 bridgehead atoms. The summed E-state index contributed by atoms with van der Waals surface area (Å²) in [5.41, 5.74) is 0. The summed E-state index contributed by atoms with van der Waals surface area (Å²) in [6.45, 7) is 0. The Balaban J connectivity index is 2.21. The molecule has 0 aromatic heterocycles. The van der Waals surface area contributed by atoms with Crippen molar-refractivity contribution >= 4 is 30.3 Å². The summed E-state index contributed by atoms with van der Waals surface area (Å²) in [5, 5.41) is 0.380. The van der Waals surface area contributed by atoms with Gasteiger partial charge in [-0.1, -0.05) is 11.8 Å². The maximum atomic E-state index is 10.7. The molecule has 0 aromatic carbocycles. The van der Waals surface area contributed by atoms with Crippen LogP contribution >= 0.6 is 24.4 Å². The first-order valence-electron chi connectivity index (χ1n) is 2.66. The van der Waals surface area contributed by atoms with E-state index < -0.39 is 0 Å². The molecule has 0 spiro atoms. The minimum Gasteiger partial charge on any atom is -0.304 e. The molecule has 0 radical (unpaired) electrons. The van der Waals surface area contributed by atoms with Crippen molar-refractivity contribution in [3.8, 4) is 0 Å². The molecule has 2 aliphatic rings. The third-order valence-corrected chi connectivity index (χ3v) is 2.90. The second kappa shape index (κ2) is 1.70. The lowest BCUT2D eigenvalue weighted by Gasteiger charge is -2.31. The third kappa shape index (κ3) is 0.697. The quantitative estimate of drug-likeness (QED) is 0.420. The molecule has 2 nitrogen and oxygen atoms in total. The number of β-lactam (4-membered cyclic amide) rings is 1. The Kier molecular flexibility index (Phi) is 1.07. The molecule has 9 heavy (non-hydrogen) atoms. The monoisotopic (exact) mass is 159 g/mol. The smallest absolute Gasteiger partial charge is 0.230 e. The lowest BCUT2D eigenvalue weighted by atomic mass is 10.2. The number of hydrogen-bond donors (Lipinski definition) is 1. The van der Waals surface area contributed by atoms with Crippen LogP contribution in [0.25, 0.3) is 0 Å². The summed E-state index contributed by atoms with van der Waals surface area (Å²) < 4.78 is 0.950. The van der Waals surface area contributed by atoms with Crippen molar-refractivity contribution in [2.24, 2.45) is 0 Å². The van der Waals surface area contributed by atoms with Crippen molar-refractivity contribution in [3.05, 3.63) is 10.4 Å². The van der Waals surface area contributed by atoms with E-state index in [1.54, 1.807) is 22.9 Å². The number of fused-ring (bicyclic) bond motifs is 1. The number of thioether (sulfide) groups is 1. The second-order valence-corrected chi connectivity index (χ2v) is 4.05. The minimum absolute atomic E-state index is 0.219. The van der Waals surface area contributed by atoms with Gasteiger partial charge in [-0.25, -0.2) is 0 Å². The average molecular weight is 159 g/mol. The molecule has 1 amide bonds. The van der Waals surface area contributed by atoms with Gasteiger partial charge >= 0.3 is 0 Å². The van der Waals surface area contributed by atoms with Gasteiger partial charge in [0.1, 0.15) is 0 Å². The Labute approximate surface area is 62.7 Å². The standard InChI is InChI=1S/C5H5NOS2/c7-3-1-4-6(3)2-5(8)9-4/h2,4,8H,1H2/t4-/m1/s1. The maximum absolute atomic E-state index is 10.7. The number of hydrogen-bond acceptors (Lipinski definition) is 3. The molecular formula is C5H5NOS2. The summed E-state index contributed by atoms with van der Waals surface area (Å²) in [5.74, 6) is 0.219. The van der Waals surface area contributed by atoms with Crippen LogP contribution in [-0.2, 0) is 4.79 Å². The first-order chi connectivity index (χ1) is 4.27. The van der Waals surface area contributed by atoms with E-state index in [4.69, 9.17) is 0 Å². The van der Waals surface area contributed by atoms with Crippen molar-refractivity contribution in [3.63, 3.8) is 0 Å². The van der Waals surface area contributed by atoms with Crippen LogP contribution in [-0.4, -0.2) is 16.2 Å². The molecule has 0 saturated carbocycles. The zero-order valence-electron chi connectivity index (χ0n) is 4.57. The van der Waals surface area contributed by atoms with E-state index in [2.05, 4.69) is 12.6 Å². The summed E-state index contributed by atoms with van der Waals surface area (Å²) >= 11 is 5.77. The fraction of sp³-hybridized carbons (Fsp3) is 0.400. The van der Waals surface area contributed by atoms with Crippen LogP contribution < -0.4 is 0 Å². The number of carbonyl (C=O) groups is 1. The van der Waals surface area contributed by atoms with Gasteiger partial charge in [0.15, 0.2) is 0 Å². The van der Waals surface area contributed by atoms with E-state index in [9.17, 15) is 4.79 Å². The molecule has 1 saturated heterocycles. The molecule has 1 fully saturated rings. The van der Waals surface area contributed by atoms with Crippen LogP contribution in [0, 0.1) is 0 Å². The molecule has 4 heteroatoms. The van der Waals surface area contributed by atoms with E-state index >= 15 is 0 Å². The molecule has 0 N–H and O–H groups in total. The number of amides is 1. The largest absolute Gasteiger partial charge is 0.304 e. The zero-order valence-corrected chi connectivity index (χ0v) is 6.28. The lowest BCUT2D eigenvalue weighted by molar-refractivity contribution is -0.137. The molecule has 0 aliphatic carbocycles. The molecule has 0 aromatic rings. The van der Waals surface area contributed by atoms with E-state index in [1.807, 2.05) is 0 Å². The van der Waals surface area contributed by atoms with Gasteiger partial charge in [-0.2, -0.15) is 0 Å². The van der Waals surface area contributed by atoms with Crippen molar-refractivity contribution in [2.75, 3.05) is 0 Å². The maximum Gasteiger partial charge on any atom is 0.230 e. The van der Waals surface area contributed by atoms with Crippen molar-refractivity contribution < 1.29 is 4.79 Å². The van der Waals surface area contributed by atoms with Crippen LogP contribution in [0.15, 0.2) is 10.4 Å². The highest BCUT2D eigenvalue weighted by Crippen LogP contribution is 2.42. The van der Waals surface area contributed by atoms with Gasteiger partial charge in [0.05, 0.1) is 16.0 Å². The lowest BCUT2D eigenvalue weighted by Crippen LogP contribution is -2.44. The number of rotatable bonds is 0. The molecule has 2 heterocycles. The fourth-order valence-corrected chi connectivity index (χ4v) is 2.40. The van der Waals surface area contributed by atoms with Gasteiger partial charge in [-0.3, -0.25) is 4.79 Å².